The molecule has 1 amide bonds. The van der Waals surface area contributed by atoms with Crippen LogP contribution in [0.1, 0.15) is 34.6 Å². The quantitative estimate of drug-likeness (QED) is 0.674. The Morgan fingerprint density at radius 1 is 1.39 bits per heavy atom. The fourth-order valence-electron chi connectivity index (χ4n) is 1.47. The van der Waals surface area contributed by atoms with Crippen molar-refractivity contribution in [1.29, 1.82) is 0 Å². The Morgan fingerprint density at radius 3 is 2.61 bits per heavy atom. The Morgan fingerprint density at radius 2 is 2.06 bits per heavy atom. The van der Waals surface area contributed by atoms with E-state index in [1.54, 1.807) is 19.9 Å². The van der Waals surface area contributed by atoms with Crippen molar-refractivity contribution >= 4 is 28.2 Å². The molecule has 4 nitrogen and oxygen atoms in total. The molecule has 0 atom stereocenters. The molecule has 0 saturated carbocycles. The van der Waals surface area contributed by atoms with E-state index in [9.17, 15) is 9.59 Å². The number of carbonyl (C=O) groups excluding carboxylic acids is 2. The lowest BCUT2D eigenvalue weighted by atomic mass is 10.1. The molecule has 98 valence electrons. The fraction of sp³-hybridized carbons (Fsp3) is 0.385. The van der Waals surface area contributed by atoms with Crippen molar-refractivity contribution < 1.29 is 14.3 Å². The lowest BCUT2D eigenvalue weighted by molar-refractivity contribution is -0.111. The lowest BCUT2D eigenvalue weighted by Gasteiger charge is -2.05. The van der Waals surface area contributed by atoms with Gasteiger partial charge < -0.3 is 10.1 Å². The minimum atomic E-state index is -0.393. The predicted molar refractivity (Wildman–Crippen MR) is 73.2 cm³/mol. The van der Waals surface area contributed by atoms with Gasteiger partial charge in [-0.15, -0.1) is 11.3 Å². The second-order valence-electron chi connectivity index (χ2n) is 3.70. The molecule has 0 aliphatic rings. The number of amides is 1. The van der Waals surface area contributed by atoms with E-state index < -0.39 is 5.97 Å². The number of carbonyl (C=O) groups is 2. The number of anilines is 1. The average Bonchev–Trinajstić information content (AvgIpc) is 2.55. The third kappa shape index (κ3) is 3.20. The van der Waals surface area contributed by atoms with E-state index in [4.69, 9.17) is 4.74 Å². The van der Waals surface area contributed by atoms with E-state index >= 15 is 0 Å². The number of nitrogens with one attached hydrogen (secondary N) is 1. The molecule has 1 aromatic rings. The van der Waals surface area contributed by atoms with Gasteiger partial charge in [0.05, 0.1) is 12.2 Å². The van der Waals surface area contributed by atoms with Crippen LogP contribution in [0.25, 0.3) is 0 Å². The van der Waals surface area contributed by atoms with Gasteiger partial charge in [-0.2, -0.15) is 0 Å². The number of ether oxygens (including phenoxy) is 1. The van der Waals surface area contributed by atoms with Crippen molar-refractivity contribution in [2.75, 3.05) is 11.9 Å². The molecule has 0 aliphatic heterocycles. The zero-order chi connectivity index (χ0) is 13.7. The van der Waals surface area contributed by atoms with Gasteiger partial charge in [0.25, 0.3) is 0 Å². The zero-order valence-corrected chi connectivity index (χ0v) is 11.8. The smallest absolute Gasteiger partial charge is 0.341 e. The second kappa shape index (κ2) is 6.35. The maximum Gasteiger partial charge on any atom is 0.341 e. The van der Waals surface area contributed by atoms with Crippen molar-refractivity contribution in [2.45, 2.75) is 27.7 Å². The summed E-state index contributed by atoms with van der Waals surface area (Å²) in [6.45, 7) is 7.59. The first kappa shape index (κ1) is 14.4. The summed E-state index contributed by atoms with van der Waals surface area (Å²) in [4.78, 5) is 24.4. The standard InChI is InChI=1S/C13H17NO3S/c1-5-7-10(15)14-12-11(13(16)17-6-2)8(3)9(4)18-12/h5,7H,6H2,1-4H3,(H,14,15). The summed E-state index contributed by atoms with van der Waals surface area (Å²) < 4.78 is 5.00. The third-order valence-electron chi connectivity index (χ3n) is 2.42. The summed E-state index contributed by atoms with van der Waals surface area (Å²) in [5, 5.41) is 3.25. The first-order valence-electron chi connectivity index (χ1n) is 5.72. The van der Waals surface area contributed by atoms with Gasteiger partial charge in [0.15, 0.2) is 0 Å². The maximum atomic E-state index is 11.9. The monoisotopic (exact) mass is 267 g/mol. The summed E-state index contributed by atoms with van der Waals surface area (Å²) >= 11 is 1.38. The molecule has 0 unspecified atom stereocenters. The van der Waals surface area contributed by atoms with Gasteiger partial charge >= 0.3 is 5.97 Å². The van der Waals surface area contributed by atoms with Crippen LogP contribution in [0, 0.1) is 13.8 Å². The molecular weight excluding hydrogens is 250 g/mol. The van der Waals surface area contributed by atoms with E-state index in [1.165, 1.54) is 17.4 Å². The van der Waals surface area contributed by atoms with Gasteiger partial charge in [0.2, 0.25) is 5.91 Å². The summed E-state index contributed by atoms with van der Waals surface area (Å²) in [7, 11) is 0. The number of thiophene rings is 1. The molecule has 0 radical (unpaired) electrons. The lowest BCUT2D eigenvalue weighted by Crippen LogP contribution is -2.12. The van der Waals surface area contributed by atoms with Crippen LogP contribution in [0.2, 0.25) is 0 Å². The highest BCUT2D eigenvalue weighted by molar-refractivity contribution is 7.16. The van der Waals surface area contributed by atoms with Crippen molar-refractivity contribution in [3.63, 3.8) is 0 Å². The summed E-state index contributed by atoms with van der Waals surface area (Å²) in [6.07, 6.45) is 3.06. The number of esters is 1. The van der Waals surface area contributed by atoms with Gasteiger partial charge in [-0.05, 0) is 39.3 Å². The Labute approximate surface area is 111 Å². The highest BCUT2D eigenvalue weighted by atomic mass is 32.1. The van der Waals surface area contributed by atoms with Crippen LogP contribution in [0.4, 0.5) is 5.00 Å². The van der Waals surface area contributed by atoms with E-state index in [2.05, 4.69) is 5.32 Å². The molecule has 0 aliphatic carbocycles. The first-order valence-corrected chi connectivity index (χ1v) is 6.53. The van der Waals surface area contributed by atoms with E-state index in [0.717, 1.165) is 10.4 Å². The zero-order valence-electron chi connectivity index (χ0n) is 11.0. The highest BCUT2D eigenvalue weighted by Crippen LogP contribution is 2.32. The Hall–Kier alpha value is -1.62. The van der Waals surface area contributed by atoms with Crippen LogP contribution >= 0.6 is 11.3 Å². The van der Waals surface area contributed by atoms with Crippen LogP contribution < -0.4 is 5.32 Å². The summed E-state index contributed by atoms with van der Waals surface area (Å²) in [5.74, 6) is -0.639. The molecule has 0 saturated heterocycles. The number of aryl methyl sites for hydroxylation is 1. The van der Waals surface area contributed by atoms with Gasteiger partial charge in [0, 0.05) is 4.88 Å². The molecule has 18 heavy (non-hydrogen) atoms. The van der Waals surface area contributed by atoms with Crippen molar-refractivity contribution in [3.8, 4) is 0 Å². The largest absolute Gasteiger partial charge is 0.462 e. The summed E-state index contributed by atoms with van der Waals surface area (Å²) in [6, 6.07) is 0. The van der Waals surface area contributed by atoms with E-state index in [-0.39, 0.29) is 5.91 Å². The highest BCUT2D eigenvalue weighted by Gasteiger charge is 2.21. The van der Waals surface area contributed by atoms with Crippen molar-refractivity contribution in [1.82, 2.24) is 0 Å². The molecule has 0 aromatic carbocycles. The maximum absolute atomic E-state index is 11.9. The number of hydrogen-bond donors (Lipinski definition) is 1. The number of hydrogen-bond acceptors (Lipinski definition) is 4. The van der Waals surface area contributed by atoms with Crippen molar-refractivity contribution in [3.05, 3.63) is 28.2 Å². The number of allylic oxidation sites excluding steroid dienone is 1. The van der Waals surface area contributed by atoms with E-state index in [1.807, 2.05) is 13.8 Å². The minimum absolute atomic E-state index is 0.246. The van der Waals surface area contributed by atoms with Crippen LogP contribution in [-0.2, 0) is 9.53 Å². The molecule has 1 N–H and O–H groups in total. The van der Waals surface area contributed by atoms with Gasteiger partial charge in [-0.1, -0.05) is 6.08 Å². The van der Waals surface area contributed by atoms with Gasteiger partial charge in [0.1, 0.15) is 5.00 Å². The van der Waals surface area contributed by atoms with Crippen LogP contribution in [0.5, 0.6) is 0 Å². The van der Waals surface area contributed by atoms with Crippen LogP contribution in [0.15, 0.2) is 12.2 Å². The first-order chi connectivity index (χ1) is 8.51. The van der Waals surface area contributed by atoms with Crippen molar-refractivity contribution in [2.24, 2.45) is 0 Å². The van der Waals surface area contributed by atoms with E-state index in [0.29, 0.717) is 17.2 Å². The molecule has 1 aromatic heterocycles. The normalized spacial score (nSPS) is 10.7. The Bertz CT molecular complexity index is 489. The predicted octanol–water partition coefficient (Wildman–Crippen LogP) is 3.06. The Kier molecular flexibility index (Phi) is 5.09. The van der Waals surface area contributed by atoms with Gasteiger partial charge in [-0.3, -0.25) is 4.79 Å². The molecule has 5 heteroatoms. The Balaban J connectivity index is 3.08. The second-order valence-corrected chi connectivity index (χ2v) is 4.92. The number of rotatable bonds is 4. The minimum Gasteiger partial charge on any atom is -0.462 e. The molecule has 0 spiro atoms. The van der Waals surface area contributed by atoms with Crippen LogP contribution in [-0.4, -0.2) is 18.5 Å². The molecule has 1 rings (SSSR count). The van der Waals surface area contributed by atoms with Gasteiger partial charge in [-0.25, -0.2) is 4.79 Å². The third-order valence-corrected chi connectivity index (χ3v) is 3.54. The molecule has 0 bridgehead atoms. The van der Waals surface area contributed by atoms with Crippen LogP contribution in [0.3, 0.4) is 0 Å². The SMILES string of the molecule is CC=CC(=O)Nc1sc(C)c(C)c1C(=O)OCC. The topological polar surface area (TPSA) is 55.4 Å². The summed E-state index contributed by atoms with van der Waals surface area (Å²) in [5.41, 5.74) is 1.31. The fourth-order valence-corrected chi connectivity index (χ4v) is 2.52. The molecular formula is C13H17NO3S. The average molecular weight is 267 g/mol. The molecule has 1 heterocycles. The molecule has 0 fully saturated rings.